The predicted molar refractivity (Wildman–Crippen MR) is 90.5 cm³/mol. The number of benzene rings is 1. The molecule has 0 aliphatic rings. The Morgan fingerprint density at radius 2 is 1.80 bits per heavy atom. The highest BCUT2D eigenvalue weighted by Gasteiger charge is 2.11. The van der Waals surface area contributed by atoms with Gasteiger partial charge in [0.1, 0.15) is 18.6 Å². The lowest BCUT2D eigenvalue weighted by Crippen LogP contribution is -2.27. The van der Waals surface area contributed by atoms with Crippen LogP contribution in [0.25, 0.3) is 0 Å². The van der Waals surface area contributed by atoms with E-state index < -0.39 is 5.91 Å². The van der Waals surface area contributed by atoms with Crippen molar-refractivity contribution in [2.45, 2.75) is 13.1 Å². The smallest absolute Gasteiger partial charge is 0.276 e. The van der Waals surface area contributed by atoms with Crippen LogP contribution < -0.4 is 10.6 Å². The minimum absolute atomic E-state index is 0.0132. The molecule has 0 radical (unpaired) electrons. The summed E-state index contributed by atoms with van der Waals surface area (Å²) < 4.78 is 1.36. The summed E-state index contributed by atoms with van der Waals surface area (Å²) in [6.45, 7) is 0.455. The average Bonchev–Trinajstić information content (AvgIpc) is 3.08. The second-order valence-corrected chi connectivity index (χ2v) is 5.20. The summed E-state index contributed by atoms with van der Waals surface area (Å²) in [5, 5.41) is 9.39. The SMILES string of the molecule is O=C(Cn1cnc(NC(=O)c2ccccn2)n1)NCc1ccccc1. The van der Waals surface area contributed by atoms with Gasteiger partial charge in [-0.1, -0.05) is 36.4 Å². The standard InChI is InChI=1S/C17H16N6O2/c24-15(19-10-13-6-2-1-3-7-13)11-23-12-20-17(22-23)21-16(25)14-8-4-5-9-18-14/h1-9,12H,10-11H2,(H,19,24)(H,21,22,25). The highest BCUT2D eigenvalue weighted by Crippen LogP contribution is 2.02. The second-order valence-electron chi connectivity index (χ2n) is 5.20. The molecule has 8 heteroatoms. The van der Waals surface area contributed by atoms with E-state index in [-0.39, 0.29) is 24.1 Å². The summed E-state index contributed by atoms with van der Waals surface area (Å²) in [4.78, 5) is 31.8. The van der Waals surface area contributed by atoms with Gasteiger partial charge in [-0.25, -0.2) is 9.67 Å². The molecule has 0 atom stereocenters. The van der Waals surface area contributed by atoms with E-state index in [0.717, 1.165) is 5.56 Å². The number of pyridine rings is 1. The van der Waals surface area contributed by atoms with Crippen LogP contribution in [0.5, 0.6) is 0 Å². The van der Waals surface area contributed by atoms with Gasteiger partial charge in [0.15, 0.2) is 0 Å². The summed E-state index contributed by atoms with van der Waals surface area (Å²) in [5.41, 5.74) is 1.28. The van der Waals surface area contributed by atoms with E-state index in [1.54, 1.807) is 18.2 Å². The molecule has 126 valence electrons. The van der Waals surface area contributed by atoms with Crippen LogP contribution in [-0.4, -0.2) is 31.6 Å². The highest BCUT2D eigenvalue weighted by molar-refractivity contribution is 6.01. The molecule has 0 saturated carbocycles. The minimum Gasteiger partial charge on any atom is -0.350 e. The van der Waals surface area contributed by atoms with E-state index in [4.69, 9.17) is 0 Å². The average molecular weight is 336 g/mol. The van der Waals surface area contributed by atoms with Crippen LogP contribution >= 0.6 is 0 Å². The Bertz CT molecular complexity index is 848. The largest absolute Gasteiger partial charge is 0.350 e. The van der Waals surface area contributed by atoms with Gasteiger partial charge in [-0.05, 0) is 17.7 Å². The van der Waals surface area contributed by atoms with Gasteiger partial charge in [0, 0.05) is 12.7 Å². The van der Waals surface area contributed by atoms with Crippen molar-refractivity contribution in [1.82, 2.24) is 25.1 Å². The van der Waals surface area contributed by atoms with Crippen LogP contribution in [-0.2, 0) is 17.9 Å². The molecule has 8 nitrogen and oxygen atoms in total. The molecule has 2 aromatic heterocycles. The summed E-state index contributed by atoms with van der Waals surface area (Å²) in [7, 11) is 0. The van der Waals surface area contributed by atoms with E-state index in [1.807, 2.05) is 30.3 Å². The number of amides is 2. The predicted octanol–water partition coefficient (Wildman–Crippen LogP) is 1.24. The highest BCUT2D eigenvalue weighted by atomic mass is 16.2. The fourth-order valence-electron chi connectivity index (χ4n) is 2.09. The molecule has 2 heterocycles. The van der Waals surface area contributed by atoms with Crippen LogP contribution in [0.3, 0.4) is 0 Å². The van der Waals surface area contributed by atoms with Gasteiger partial charge < -0.3 is 5.32 Å². The maximum absolute atomic E-state index is 12.0. The van der Waals surface area contributed by atoms with Gasteiger partial charge in [-0.15, -0.1) is 5.10 Å². The van der Waals surface area contributed by atoms with Crippen molar-refractivity contribution in [3.05, 3.63) is 72.3 Å². The minimum atomic E-state index is -0.410. The van der Waals surface area contributed by atoms with Crippen molar-refractivity contribution in [2.24, 2.45) is 0 Å². The Morgan fingerprint density at radius 1 is 1.00 bits per heavy atom. The molecule has 3 aromatic rings. The molecule has 0 aliphatic carbocycles. The van der Waals surface area contributed by atoms with Gasteiger partial charge in [0.25, 0.3) is 5.91 Å². The molecular formula is C17H16N6O2. The molecular weight excluding hydrogens is 320 g/mol. The van der Waals surface area contributed by atoms with Crippen molar-refractivity contribution in [3.8, 4) is 0 Å². The number of nitrogens with one attached hydrogen (secondary N) is 2. The fourth-order valence-corrected chi connectivity index (χ4v) is 2.09. The Balaban J connectivity index is 1.51. The molecule has 25 heavy (non-hydrogen) atoms. The number of hydrogen-bond acceptors (Lipinski definition) is 5. The number of hydrogen-bond donors (Lipinski definition) is 2. The van der Waals surface area contributed by atoms with E-state index in [2.05, 4.69) is 25.7 Å². The fraction of sp³-hybridized carbons (Fsp3) is 0.118. The number of rotatable bonds is 6. The number of nitrogens with zero attached hydrogens (tertiary/aromatic N) is 4. The lowest BCUT2D eigenvalue weighted by molar-refractivity contribution is -0.122. The van der Waals surface area contributed by atoms with Crippen LogP contribution in [0.2, 0.25) is 0 Å². The first-order chi connectivity index (χ1) is 12.2. The molecule has 3 rings (SSSR count). The Morgan fingerprint density at radius 3 is 2.56 bits per heavy atom. The molecule has 0 fully saturated rings. The van der Waals surface area contributed by atoms with Crippen LogP contribution in [0, 0.1) is 0 Å². The van der Waals surface area contributed by atoms with E-state index in [0.29, 0.717) is 6.54 Å². The first-order valence-corrected chi connectivity index (χ1v) is 7.63. The summed E-state index contributed by atoms with van der Waals surface area (Å²) in [6.07, 6.45) is 2.91. The van der Waals surface area contributed by atoms with E-state index in [9.17, 15) is 9.59 Å². The quantitative estimate of drug-likeness (QED) is 0.705. The lowest BCUT2D eigenvalue weighted by Gasteiger charge is -2.05. The summed E-state index contributed by atoms with van der Waals surface area (Å²) in [5.74, 6) is -0.491. The number of anilines is 1. The van der Waals surface area contributed by atoms with Gasteiger partial charge in [-0.3, -0.25) is 19.9 Å². The molecule has 0 unspecified atom stereocenters. The third kappa shape index (κ3) is 4.71. The first-order valence-electron chi connectivity index (χ1n) is 7.63. The Hall–Kier alpha value is -3.55. The third-order valence-corrected chi connectivity index (χ3v) is 3.30. The molecule has 2 amide bonds. The van der Waals surface area contributed by atoms with Gasteiger partial charge in [-0.2, -0.15) is 0 Å². The van der Waals surface area contributed by atoms with Crippen molar-refractivity contribution >= 4 is 17.8 Å². The monoisotopic (exact) mass is 336 g/mol. The molecule has 0 spiro atoms. The number of aromatic nitrogens is 4. The van der Waals surface area contributed by atoms with Crippen LogP contribution in [0.4, 0.5) is 5.95 Å². The van der Waals surface area contributed by atoms with Crippen molar-refractivity contribution < 1.29 is 9.59 Å². The first kappa shape index (κ1) is 16.3. The van der Waals surface area contributed by atoms with Crippen molar-refractivity contribution in [1.29, 1.82) is 0 Å². The van der Waals surface area contributed by atoms with E-state index >= 15 is 0 Å². The van der Waals surface area contributed by atoms with Gasteiger partial charge in [0.05, 0.1) is 0 Å². The summed E-state index contributed by atoms with van der Waals surface area (Å²) >= 11 is 0. The van der Waals surface area contributed by atoms with Gasteiger partial charge >= 0.3 is 0 Å². The number of carbonyl (C=O) groups excluding carboxylic acids is 2. The topological polar surface area (TPSA) is 102 Å². The molecule has 0 saturated heterocycles. The zero-order valence-electron chi connectivity index (χ0n) is 13.3. The molecule has 0 aliphatic heterocycles. The van der Waals surface area contributed by atoms with Gasteiger partial charge in [0.2, 0.25) is 11.9 Å². The Labute approximate surface area is 143 Å². The zero-order chi connectivity index (χ0) is 17.5. The maximum Gasteiger partial charge on any atom is 0.276 e. The van der Waals surface area contributed by atoms with Crippen LogP contribution in [0.15, 0.2) is 61.1 Å². The maximum atomic E-state index is 12.0. The van der Waals surface area contributed by atoms with Crippen molar-refractivity contribution in [3.63, 3.8) is 0 Å². The van der Waals surface area contributed by atoms with Crippen molar-refractivity contribution in [2.75, 3.05) is 5.32 Å². The normalized spacial score (nSPS) is 10.2. The Kier molecular flexibility index (Phi) is 5.10. The molecule has 1 aromatic carbocycles. The number of carbonyl (C=O) groups is 2. The molecule has 2 N–H and O–H groups in total. The third-order valence-electron chi connectivity index (χ3n) is 3.30. The zero-order valence-corrected chi connectivity index (χ0v) is 13.3. The van der Waals surface area contributed by atoms with Crippen LogP contribution in [0.1, 0.15) is 16.1 Å². The second kappa shape index (κ2) is 7.82. The molecule has 0 bridgehead atoms. The lowest BCUT2D eigenvalue weighted by atomic mass is 10.2. The summed E-state index contributed by atoms with van der Waals surface area (Å²) in [6, 6.07) is 14.6. The van der Waals surface area contributed by atoms with E-state index in [1.165, 1.54) is 17.2 Å².